The average molecular weight is 507 g/mol. The number of para-hydroxylation sites is 2. The van der Waals surface area contributed by atoms with Crippen molar-refractivity contribution in [3.63, 3.8) is 0 Å². The molecule has 1 N–H and O–H groups in total. The molecule has 1 atom stereocenters. The molecule has 11 heteroatoms. The molecule has 1 aliphatic rings. The highest BCUT2D eigenvalue weighted by Gasteiger charge is 2.29. The SMILES string of the molecule is CC(Cc1cc(C#N)c2c(c1)CCN2CCCO)N(CCOc1ccccc1OCC(F)(F)F)N=O. The topological polar surface area (TPSA) is 98.4 Å². The minimum Gasteiger partial charge on any atom is -0.488 e. The molecule has 2 aromatic rings. The van der Waals surface area contributed by atoms with Gasteiger partial charge in [0, 0.05) is 19.7 Å². The summed E-state index contributed by atoms with van der Waals surface area (Å²) in [5, 5.41) is 23.2. The Morgan fingerprint density at radius 3 is 2.61 bits per heavy atom. The maximum atomic E-state index is 12.5. The molecule has 3 rings (SSSR count). The van der Waals surface area contributed by atoms with E-state index in [0.29, 0.717) is 24.9 Å². The quantitative estimate of drug-likeness (QED) is 0.321. The third-order valence-electron chi connectivity index (χ3n) is 5.89. The van der Waals surface area contributed by atoms with Crippen molar-refractivity contribution in [1.82, 2.24) is 5.01 Å². The van der Waals surface area contributed by atoms with Crippen LogP contribution in [-0.4, -0.2) is 61.8 Å². The number of fused-ring (bicyclic) bond motifs is 1. The fourth-order valence-corrected chi connectivity index (χ4v) is 4.27. The van der Waals surface area contributed by atoms with Crippen LogP contribution in [0.15, 0.2) is 41.7 Å². The molecule has 1 unspecified atom stereocenters. The number of nitrogens with zero attached hydrogens (tertiary/aromatic N) is 4. The van der Waals surface area contributed by atoms with Gasteiger partial charge in [0.1, 0.15) is 12.7 Å². The van der Waals surface area contributed by atoms with Crippen LogP contribution in [0.3, 0.4) is 0 Å². The number of nitroso groups, excluding NO2 is 1. The van der Waals surface area contributed by atoms with E-state index < -0.39 is 12.8 Å². The molecule has 36 heavy (non-hydrogen) atoms. The maximum Gasteiger partial charge on any atom is 0.422 e. The lowest BCUT2D eigenvalue weighted by Crippen LogP contribution is -2.33. The van der Waals surface area contributed by atoms with Gasteiger partial charge in [-0.3, -0.25) is 5.01 Å². The van der Waals surface area contributed by atoms with Crippen LogP contribution in [0.1, 0.15) is 30.0 Å². The molecule has 0 amide bonds. The van der Waals surface area contributed by atoms with E-state index in [4.69, 9.17) is 14.6 Å². The van der Waals surface area contributed by atoms with Crippen molar-refractivity contribution in [2.45, 2.75) is 38.4 Å². The predicted molar refractivity (Wildman–Crippen MR) is 128 cm³/mol. The molecular weight excluding hydrogens is 477 g/mol. The Hall–Kier alpha value is -3.52. The third-order valence-corrected chi connectivity index (χ3v) is 5.89. The molecular formula is C25H29F3N4O4. The lowest BCUT2D eigenvalue weighted by Gasteiger charge is -2.24. The van der Waals surface area contributed by atoms with E-state index in [2.05, 4.69) is 16.3 Å². The number of aliphatic hydroxyl groups is 1. The molecule has 0 spiro atoms. The number of ether oxygens (including phenoxy) is 2. The summed E-state index contributed by atoms with van der Waals surface area (Å²) >= 11 is 0. The van der Waals surface area contributed by atoms with E-state index in [9.17, 15) is 23.3 Å². The predicted octanol–water partition coefficient (Wildman–Crippen LogP) is 4.24. The van der Waals surface area contributed by atoms with E-state index >= 15 is 0 Å². The second-order valence-electron chi connectivity index (χ2n) is 8.57. The second kappa shape index (κ2) is 12.4. The lowest BCUT2D eigenvalue weighted by atomic mass is 9.98. The Kier molecular flexibility index (Phi) is 9.36. The molecule has 0 aromatic heterocycles. The van der Waals surface area contributed by atoms with Crippen molar-refractivity contribution < 1.29 is 27.8 Å². The summed E-state index contributed by atoms with van der Waals surface area (Å²) in [6.45, 7) is 2.08. The summed E-state index contributed by atoms with van der Waals surface area (Å²) < 4.78 is 47.8. The van der Waals surface area contributed by atoms with Crippen LogP contribution in [0.4, 0.5) is 18.9 Å². The number of anilines is 1. The number of hydrogen-bond donors (Lipinski definition) is 1. The molecule has 1 heterocycles. The van der Waals surface area contributed by atoms with Crippen molar-refractivity contribution in [3.8, 4) is 17.6 Å². The van der Waals surface area contributed by atoms with Crippen LogP contribution in [0.2, 0.25) is 0 Å². The second-order valence-corrected chi connectivity index (χ2v) is 8.57. The van der Waals surface area contributed by atoms with Crippen molar-refractivity contribution in [2.75, 3.05) is 44.4 Å². The van der Waals surface area contributed by atoms with Gasteiger partial charge in [0.05, 0.1) is 29.1 Å². The number of nitriles is 1. The Labute approximate surface area is 207 Å². The summed E-state index contributed by atoms with van der Waals surface area (Å²) in [5.41, 5.74) is 3.45. The Balaban J connectivity index is 1.60. The fourth-order valence-electron chi connectivity index (χ4n) is 4.27. The fraction of sp³-hybridized carbons (Fsp3) is 0.480. The van der Waals surface area contributed by atoms with E-state index in [0.717, 1.165) is 29.8 Å². The highest BCUT2D eigenvalue weighted by atomic mass is 19.4. The minimum absolute atomic E-state index is 0.00984. The molecule has 0 saturated heterocycles. The van der Waals surface area contributed by atoms with Crippen LogP contribution < -0.4 is 14.4 Å². The van der Waals surface area contributed by atoms with E-state index in [1.54, 1.807) is 6.07 Å². The molecule has 194 valence electrons. The average Bonchev–Trinajstić information content (AvgIpc) is 3.26. The standard InChI is InChI=1S/C25H29F3N4O4/c1-18(13-19-14-20-7-9-31(8-4-11-33)24(20)21(15-19)16-29)32(30-34)10-12-35-22-5-2-3-6-23(22)36-17-25(26,27)28/h2-3,5-6,14-15,18,33H,4,7-13,17H2,1H3. The summed E-state index contributed by atoms with van der Waals surface area (Å²) in [4.78, 5) is 13.6. The van der Waals surface area contributed by atoms with Gasteiger partial charge in [-0.2, -0.15) is 18.4 Å². The van der Waals surface area contributed by atoms with Crippen LogP contribution in [0, 0.1) is 16.2 Å². The molecule has 0 saturated carbocycles. The largest absolute Gasteiger partial charge is 0.488 e. The number of alkyl halides is 3. The first-order chi connectivity index (χ1) is 17.3. The number of rotatable bonds is 13. The maximum absolute atomic E-state index is 12.5. The van der Waals surface area contributed by atoms with Crippen molar-refractivity contribution in [1.29, 1.82) is 5.26 Å². The molecule has 0 fully saturated rings. The lowest BCUT2D eigenvalue weighted by molar-refractivity contribution is -0.153. The van der Waals surface area contributed by atoms with Gasteiger partial charge in [-0.15, -0.1) is 4.91 Å². The summed E-state index contributed by atoms with van der Waals surface area (Å²) in [7, 11) is 0. The van der Waals surface area contributed by atoms with Gasteiger partial charge in [-0.1, -0.05) is 18.2 Å². The zero-order valence-corrected chi connectivity index (χ0v) is 20.0. The van der Waals surface area contributed by atoms with Crippen LogP contribution in [-0.2, 0) is 12.8 Å². The third kappa shape index (κ3) is 7.24. The van der Waals surface area contributed by atoms with Crippen molar-refractivity contribution in [3.05, 3.63) is 58.0 Å². The highest BCUT2D eigenvalue weighted by molar-refractivity contribution is 5.68. The van der Waals surface area contributed by atoms with Crippen LogP contribution >= 0.6 is 0 Å². The first kappa shape index (κ1) is 27.1. The molecule has 2 aromatic carbocycles. The van der Waals surface area contributed by atoms with Gasteiger partial charge >= 0.3 is 6.18 Å². The molecule has 1 aliphatic heterocycles. The van der Waals surface area contributed by atoms with Gasteiger partial charge < -0.3 is 19.5 Å². The van der Waals surface area contributed by atoms with E-state index in [-0.39, 0.29) is 37.3 Å². The van der Waals surface area contributed by atoms with Crippen LogP contribution in [0.5, 0.6) is 11.5 Å². The number of benzene rings is 2. The first-order valence-corrected chi connectivity index (χ1v) is 11.7. The Morgan fingerprint density at radius 2 is 1.97 bits per heavy atom. The number of hydrogen-bond acceptors (Lipinski definition) is 7. The van der Waals surface area contributed by atoms with E-state index in [1.807, 2.05) is 19.1 Å². The molecule has 8 nitrogen and oxygen atoms in total. The number of aliphatic hydroxyl groups excluding tert-OH is 1. The zero-order chi connectivity index (χ0) is 26.1. The van der Waals surface area contributed by atoms with Gasteiger partial charge in [0.2, 0.25) is 0 Å². The van der Waals surface area contributed by atoms with Crippen molar-refractivity contribution in [2.24, 2.45) is 5.29 Å². The first-order valence-electron chi connectivity index (χ1n) is 11.7. The van der Waals surface area contributed by atoms with E-state index in [1.165, 1.54) is 23.2 Å². The summed E-state index contributed by atoms with van der Waals surface area (Å²) in [5.74, 6) is 0.104. The van der Waals surface area contributed by atoms with Gasteiger partial charge in [0.15, 0.2) is 18.1 Å². The normalized spacial score (nSPS) is 13.6. The van der Waals surface area contributed by atoms with Gasteiger partial charge in [0.25, 0.3) is 0 Å². The molecule has 0 radical (unpaired) electrons. The smallest absolute Gasteiger partial charge is 0.422 e. The van der Waals surface area contributed by atoms with Gasteiger partial charge in [-0.25, -0.2) is 0 Å². The summed E-state index contributed by atoms with van der Waals surface area (Å²) in [6.07, 6.45) is -2.57. The molecule has 0 aliphatic carbocycles. The van der Waals surface area contributed by atoms with Crippen molar-refractivity contribution >= 4 is 5.69 Å². The zero-order valence-electron chi connectivity index (χ0n) is 20.0. The Morgan fingerprint density at radius 1 is 1.25 bits per heavy atom. The van der Waals surface area contributed by atoms with Gasteiger partial charge in [-0.05, 0) is 55.5 Å². The summed E-state index contributed by atoms with van der Waals surface area (Å²) in [6, 6.07) is 11.8. The Bertz CT molecular complexity index is 1070. The minimum atomic E-state index is -4.47. The molecule has 0 bridgehead atoms. The monoisotopic (exact) mass is 506 g/mol. The van der Waals surface area contributed by atoms with Crippen LogP contribution in [0.25, 0.3) is 0 Å². The highest BCUT2D eigenvalue weighted by Crippen LogP contribution is 2.33. The number of halogens is 3.